The van der Waals surface area contributed by atoms with Crippen molar-refractivity contribution < 1.29 is 13.9 Å². The van der Waals surface area contributed by atoms with Crippen LogP contribution >= 0.6 is 0 Å². The molecule has 0 N–H and O–H groups in total. The predicted molar refractivity (Wildman–Crippen MR) is 194 cm³/mol. The fraction of sp³-hybridized carbons (Fsp3) is 0.0909. The Bertz CT molecular complexity index is 3170. The molecule has 0 fully saturated rings. The molecule has 0 saturated heterocycles. The van der Waals surface area contributed by atoms with Crippen molar-refractivity contribution in [1.29, 1.82) is 0 Å². The summed E-state index contributed by atoms with van der Waals surface area (Å²) in [5, 5.41) is 5.05. The molecular weight excluding hydrogens is 615 g/mol. The lowest BCUT2D eigenvalue weighted by atomic mass is 9.74. The Morgan fingerprint density at radius 3 is 1.86 bits per heavy atom. The smallest absolute Gasteiger partial charge is 0.321 e. The Balaban J connectivity index is 1.31. The van der Waals surface area contributed by atoms with Gasteiger partial charge in [0.1, 0.15) is 33.8 Å². The van der Waals surface area contributed by atoms with Gasteiger partial charge in [-0.25, -0.2) is 0 Å². The van der Waals surface area contributed by atoms with Crippen molar-refractivity contribution in [3.05, 3.63) is 150 Å². The van der Waals surface area contributed by atoms with Gasteiger partial charge in [0.2, 0.25) is 0 Å². The van der Waals surface area contributed by atoms with Crippen molar-refractivity contribution in [1.82, 2.24) is 9.13 Å². The first-order chi connectivity index (χ1) is 24.6. The normalized spacial score (nSPS) is 18.6. The lowest BCUT2D eigenvalue weighted by Gasteiger charge is -2.43. The van der Waals surface area contributed by atoms with Gasteiger partial charge in [0, 0.05) is 38.2 Å². The van der Waals surface area contributed by atoms with E-state index in [1.165, 1.54) is 77.4 Å². The second kappa shape index (κ2) is 7.43. The number of benzene rings is 5. The number of nitrogens with zero attached hydrogens (tertiary/aromatic N) is 5. The largest absolute Gasteiger partial charge is 0.456 e. The van der Waals surface area contributed by atoms with E-state index in [0.29, 0.717) is 0 Å². The number of hydrogen-bond donors (Lipinski definition) is 0. The van der Waals surface area contributed by atoms with Crippen LogP contribution in [0.1, 0.15) is 36.1 Å². The Morgan fingerprint density at radius 1 is 0.500 bits per heavy atom. The van der Waals surface area contributed by atoms with E-state index in [-0.39, 0.29) is 5.41 Å². The van der Waals surface area contributed by atoms with Crippen LogP contribution in [0.3, 0.4) is 0 Å². The maximum absolute atomic E-state index is 7.09. The second-order valence-electron chi connectivity index (χ2n) is 15.0. The van der Waals surface area contributed by atoms with Crippen LogP contribution in [0.5, 0.6) is 11.5 Å². The van der Waals surface area contributed by atoms with Crippen molar-refractivity contribution in [2.45, 2.75) is 24.9 Å². The number of fused-ring (bicyclic) bond motifs is 2. The fourth-order valence-corrected chi connectivity index (χ4v) is 10.8. The second-order valence-corrected chi connectivity index (χ2v) is 15.0. The van der Waals surface area contributed by atoms with E-state index >= 15 is 0 Å². The number of anilines is 3. The molecule has 9 heterocycles. The zero-order valence-corrected chi connectivity index (χ0v) is 27.3. The highest BCUT2D eigenvalue weighted by molar-refractivity contribution is 6.19. The van der Waals surface area contributed by atoms with Gasteiger partial charge in [-0.2, -0.15) is 18.3 Å². The molecule has 0 amide bonds. The van der Waals surface area contributed by atoms with Crippen molar-refractivity contribution in [2.24, 2.45) is 0 Å². The summed E-state index contributed by atoms with van der Waals surface area (Å²) >= 11 is 0. The number of para-hydroxylation sites is 3. The molecule has 1 unspecified atom stereocenters. The van der Waals surface area contributed by atoms with Crippen molar-refractivity contribution in [3.8, 4) is 23.1 Å². The van der Waals surface area contributed by atoms with Gasteiger partial charge in [-0.15, -0.1) is 0 Å². The van der Waals surface area contributed by atoms with Gasteiger partial charge in [0.25, 0.3) is 5.82 Å². The molecule has 6 heteroatoms. The lowest BCUT2D eigenvalue weighted by Crippen LogP contribution is -2.79. The fourth-order valence-electron chi connectivity index (χ4n) is 10.8. The minimum atomic E-state index is -0.763. The summed E-state index contributed by atoms with van der Waals surface area (Å²) in [7, 11) is 0. The number of aromatic nitrogens is 4. The van der Waals surface area contributed by atoms with Crippen molar-refractivity contribution in [2.75, 3.05) is 4.90 Å². The predicted octanol–water partition coefficient (Wildman–Crippen LogP) is 8.91. The van der Waals surface area contributed by atoms with Gasteiger partial charge >= 0.3 is 11.5 Å². The molecule has 14 rings (SSSR count). The van der Waals surface area contributed by atoms with Gasteiger partial charge < -0.3 is 4.74 Å². The maximum Gasteiger partial charge on any atom is 0.321 e. The third kappa shape index (κ3) is 2.22. The highest BCUT2D eigenvalue weighted by Crippen LogP contribution is 2.60. The molecule has 0 radical (unpaired) electrons. The van der Waals surface area contributed by atoms with E-state index in [1.807, 2.05) is 0 Å². The number of ether oxygens (including phenoxy) is 1. The average molecular weight is 642 g/mol. The minimum Gasteiger partial charge on any atom is -0.456 e. The van der Waals surface area contributed by atoms with Crippen molar-refractivity contribution in [3.63, 3.8) is 0 Å². The van der Waals surface area contributed by atoms with Gasteiger partial charge in [0.15, 0.2) is 16.6 Å². The molecule has 50 heavy (non-hydrogen) atoms. The van der Waals surface area contributed by atoms with E-state index in [2.05, 4.69) is 165 Å². The van der Waals surface area contributed by atoms with Crippen LogP contribution in [0.2, 0.25) is 0 Å². The number of hydrogen-bond acceptors (Lipinski definition) is 2. The first-order valence-electron chi connectivity index (χ1n) is 17.5. The SMILES string of the molecule is CC1(C)c2ccc[n+]3c2-n2c4c1cccc4c1ccc4c(c12)C31c2c(ccc3c5cccc6c5n(c23)-c2c(ccc[n+]21)N6c1ccccc1)O4. The van der Waals surface area contributed by atoms with E-state index in [4.69, 9.17) is 4.74 Å². The Labute approximate surface area is 285 Å². The molecule has 0 aliphatic carbocycles. The van der Waals surface area contributed by atoms with E-state index in [9.17, 15) is 0 Å². The Morgan fingerprint density at radius 2 is 1.10 bits per heavy atom. The summed E-state index contributed by atoms with van der Waals surface area (Å²) in [5.74, 6) is 4.21. The van der Waals surface area contributed by atoms with Gasteiger partial charge in [-0.3, -0.25) is 4.90 Å². The summed E-state index contributed by atoms with van der Waals surface area (Å²) in [5.41, 5.74) is 12.6. The third-order valence-electron chi connectivity index (χ3n) is 12.6. The van der Waals surface area contributed by atoms with E-state index in [1.54, 1.807) is 0 Å². The van der Waals surface area contributed by atoms with Crippen LogP contribution < -0.4 is 18.8 Å². The van der Waals surface area contributed by atoms with E-state index < -0.39 is 5.66 Å². The molecule has 1 atom stereocenters. The van der Waals surface area contributed by atoms with Crippen LogP contribution in [0.4, 0.5) is 17.1 Å². The lowest BCUT2D eigenvalue weighted by molar-refractivity contribution is -0.967. The summed E-state index contributed by atoms with van der Waals surface area (Å²) < 4.78 is 17.4. The van der Waals surface area contributed by atoms with Crippen LogP contribution in [0.15, 0.2) is 128 Å². The quantitative estimate of drug-likeness (QED) is 0.168. The summed E-state index contributed by atoms with van der Waals surface area (Å²) in [6, 6.07) is 42.6. The molecule has 0 saturated carbocycles. The highest BCUT2D eigenvalue weighted by Gasteiger charge is 2.66. The summed E-state index contributed by atoms with van der Waals surface area (Å²) in [4.78, 5) is 2.46. The molecule has 5 aliphatic rings. The summed E-state index contributed by atoms with van der Waals surface area (Å²) in [6.45, 7) is 4.78. The molecule has 4 aromatic heterocycles. The first kappa shape index (κ1) is 24.7. The van der Waals surface area contributed by atoms with E-state index in [0.717, 1.165) is 28.7 Å². The molecule has 5 aliphatic heterocycles. The molecule has 1 spiro atoms. The molecule has 232 valence electrons. The monoisotopic (exact) mass is 641 g/mol. The molecule has 9 aromatic rings. The van der Waals surface area contributed by atoms with Crippen molar-refractivity contribution >= 4 is 60.7 Å². The van der Waals surface area contributed by atoms with Crippen LogP contribution in [-0.4, -0.2) is 9.13 Å². The Hall–Kier alpha value is -6.40. The topological polar surface area (TPSA) is 30.1 Å². The minimum absolute atomic E-state index is 0.206. The zero-order valence-electron chi connectivity index (χ0n) is 27.3. The van der Waals surface area contributed by atoms with Gasteiger partial charge in [-0.1, -0.05) is 50.2 Å². The molecule has 6 nitrogen and oxygen atoms in total. The number of rotatable bonds is 1. The van der Waals surface area contributed by atoms with Gasteiger partial charge in [-0.05, 0) is 78.9 Å². The number of pyridine rings is 2. The van der Waals surface area contributed by atoms with Crippen LogP contribution in [0, 0.1) is 0 Å². The first-order valence-corrected chi connectivity index (χ1v) is 17.5. The standard InChI is InChI=1S/C44H27N5O/c1-43(2)29-14-6-12-25-27-18-20-33-35-39(27)48(37(25)29)41-30(43)15-8-22-45(41)44(35)36-34(50-33)21-19-28-26-13-7-16-31-38(26)49(40(28)36)42-32(17-9-23-46(42)44)47(31)24-10-4-3-5-11-24/h3-23H,1-2H3/q+2. The third-order valence-corrected chi connectivity index (χ3v) is 12.6. The van der Waals surface area contributed by atoms with Crippen LogP contribution in [-0.2, 0) is 11.1 Å². The molecule has 0 bridgehead atoms. The summed E-state index contributed by atoms with van der Waals surface area (Å²) in [6.07, 6.45) is 4.63. The zero-order chi connectivity index (χ0) is 32.4. The molecular formula is C44H27N5O+2. The highest BCUT2D eigenvalue weighted by atomic mass is 16.5. The average Bonchev–Trinajstić information content (AvgIpc) is 3.68. The Kier molecular flexibility index (Phi) is 3.67. The maximum atomic E-state index is 7.09. The van der Waals surface area contributed by atoms with Crippen LogP contribution in [0.25, 0.3) is 55.2 Å². The van der Waals surface area contributed by atoms with Gasteiger partial charge in [0.05, 0.1) is 23.6 Å². The molecule has 5 aromatic carbocycles.